The number of nitrogens with two attached hydrogens (primary N) is 1. The van der Waals surface area contributed by atoms with Crippen molar-refractivity contribution in [3.63, 3.8) is 0 Å². The van der Waals surface area contributed by atoms with Crippen molar-refractivity contribution in [1.82, 2.24) is 14.8 Å². The topological polar surface area (TPSA) is 134 Å². The molecule has 10 nitrogen and oxygen atoms in total. The highest BCUT2D eigenvalue weighted by Gasteiger charge is 2.40. The van der Waals surface area contributed by atoms with Crippen LogP contribution in [0.1, 0.15) is 35.9 Å². The number of Topliss-reactive ketones (excluding diaryl/α,β-unsaturated/α-hetero) is 1. The summed E-state index contributed by atoms with van der Waals surface area (Å²) in [7, 11) is 4.65. The fraction of sp³-hybridized carbons (Fsp3) is 0.292. The van der Waals surface area contributed by atoms with E-state index in [0.29, 0.717) is 41.6 Å². The monoisotopic (exact) mass is 463 g/mol. The molecule has 2 atom stereocenters. The number of phenolic OH excluding ortho intramolecular Hbond substituents is 1. The number of nitrogen functional groups attached to an aromatic ring is 1. The number of carbonyl (C=O) groups excluding carboxylic acids is 1. The van der Waals surface area contributed by atoms with E-state index in [4.69, 9.17) is 19.9 Å². The van der Waals surface area contributed by atoms with Gasteiger partial charge in [0.1, 0.15) is 6.04 Å². The number of anilines is 2. The van der Waals surface area contributed by atoms with Gasteiger partial charge in [-0.1, -0.05) is 12.1 Å². The first-order valence-electron chi connectivity index (χ1n) is 10.8. The van der Waals surface area contributed by atoms with Crippen molar-refractivity contribution >= 4 is 17.7 Å². The van der Waals surface area contributed by atoms with Crippen molar-refractivity contribution < 1.29 is 24.1 Å². The SMILES string of the molecule is COc1cc([C@H]2C3=C(C[C@H](c4ccc(OC)c(OC)c4)CC3=O)Nc3nc(N)nn32)ccc1O. The van der Waals surface area contributed by atoms with Gasteiger partial charge in [0.2, 0.25) is 11.9 Å². The Morgan fingerprint density at radius 3 is 2.44 bits per heavy atom. The van der Waals surface area contributed by atoms with Crippen LogP contribution in [0.2, 0.25) is 0 Å². The first-order chi connectivity index (χ1) is 16.4. The van der Waals surface area contributed by atoms with Gasteiger partial charge in [-0.2, -0.15) is 4.98 Å². The van der Waals surface area contributed by atoms with E-state index >= 15 is 0 Å². The van der Waals surface area contributed by atoms with Crippen LogP contribution in [0.4, 0.5) is 11.9 Å². The quantitative estimate of drug-likeness (QED) is 0.522. The minimum atomic E-state index is -0.551. The van der Waals surface area contributed by atoms with Crippen LogP contribution in [0.25, 0.3) is 0 Å². The molecule has 5 rings (SSSR count). The highest BCUT2D eigenvalue weighted by molar-refractivity contribution is 6.00. The molecule has 2 heterocycles. The molecule has 0 amide bonds. The predicted molar refractivity (Wildman–Crippen MR) is 124 cm³/mol. The fourth-order valence-electron chi connectivity index (χ4n) is 4.74. The number of aromatic nitrogens is 3. The molecule has 0 bridgehead atoms. The van der Waals surface area contributed by atoms with Gasteiger partial charge in [-0.05, 0) is 47.7 Å². The number of hydrogen-bond donors (Lipinski definition) is 3. The van der Waals surface area contributed by atoms with Gasteiger partial charge in [-0.15, -0.1) is 5.10 Å². The van der Waals surface area contributed by atoms with Gasteiger partial charge in [-0.25, -0.2) is 4.68 Å². The van der Waals surface area contributed by atoms with E-state index in [1.54, 1.807) is 31.0 Å². The summed E-state index contributed by atoms with van der Waals surface area (Å²) in [6, 6.07) is 10.1. The number of ketones is 1. The third kappa shape index (κ3) is 3.47. The number of phenols is 1. The average molecular weight is 463 g/mol. The maximum Gasteiger partial charge on any atom is 0.241 e. The Hall–Kier alpha value is -4.21. The van der Waals surface area contributed by atoms with Crippen molar-refractivity contribution in [2.75, 3.05) is 32.4 Å². The molecule has 0 saturated carbocycles. The highest BCUT2D eigenvalue weighted by Crippen LogP contribution is 2.46. The van der Waals surface area contributed by atoms with Crippen LogP contribution in [0.5, 0.6) is 23.0 Å². The third-order valence-corrected chi connectivity index (χ3v) is 6.33. The van der Waals surface area contributed by atoms with E-state index in [2.05, 4.69) is 15.4 Å². The predicted octanol–water partition coefficient (Wildman–Crippen LogP) is 3.01. The van der Waals surface area contributed by atoms with Gasteiger partial charge >= 0.3 is 0 Å². The average Bonchev–Trinajstić information content (AvgIpc) is 3.22. The first-order valence-corrected chi connectivity index (χ1v) is 10.8. The molecule has 0 saturated heterocycles. The summed E-state index contributed by atoms with van der Waals surface area (Å²) in [4.78, 5) is 17.9. The van der Waals surface area contributed by atoms with E-state index < -0.39 is 6.04 Å². The Balaban J connectivity index is 1.58. The molecule has 4 N–H and O–H groups in total. The lowest BCUT2D eigenvalue weighted by atomic mass is 9.78. The molecule has 1 aromatic heterocycles. The molecular weight excluding hydrogens is 438 g/mol. The van der Waals surface area contributed by atoms with Crippen LogP contribution in [-0.4, -0.2) is 47.0 Å². The zero-order valence-corrected chi connectivity index (χ0v) is 19.0. The van der Waals surface area contributed by atoms with E-state index in [1.165, 1.54) is 13.2 Å². The van der Waals surface area contributed by atoms with Crippen molar-refractivity contribution in [3.8, 4) is 23.0 Å². The van der Waals surface area contributed by atoms with Crippen molar-refractivity contribution in [3.05, 3.63) is 58.8 Å². The minimum absolute atomic E-state index is 0.00898. The summed E-state index contributed by atoms with van der Waals surface area (Å²) < 4.78 is 17.7. The molecule has 1 aliphatic heterocycles. The number of rotatable bonds is 5. The van der Waals surface area contributed by atoms with E-state index in [0.717, 1.165) is 16.8 Å². The van der Waals surface area contributed by atoms with E-state index in [9.17, 15) is 9.90 Å². The fourth-order valence-corrected chi connectivity index (χ4v) is 4.74. The number of hydrogen-bond acceptors (Lipinski definition) is 9. The molecule has 34 heavy (non-hydrogen) atoms. The maximum absolute atomic E-state index is 13.6. The second-order valence-corrected chi connectivity index (χ2v) is 8.23. The van der Waals surface area contributed by atoms with Gasteiger partial charge in [-0.3, -0.25) is 4.79 Å². The molecule has 0 spiro atoms. The van der Waals surface area contributed by atoms with Crippen LogP contribution in [0, 0.1) is 0 Å². The van der Waals surface area contributed by atoms with Gasteiger partial charge in [0, 0.05) is 17.7 Å². The smallest absolute Gasteiger partial charge is 0.241 e. The normalized spacial score (nSPS) is 19.2. The van der Waals surface area contributed by atoms with Crippen molar-refractivity contribution in [2.24, 2.45) is 0 Å². The minimum Gasteiger partial charge on any atom is -0.504 e. The standard InChI is InChI=1S/C24H25N5O5/c1-32-18-7-5-12(10-20(18)34-3)14-8-15-21(17(31)9-14)22(29-24(26-15)27-23(25)28-29)13-4-6-16(30)19(11-13)33-2/h4-7,10-11,14,22,30H,8-9H2,1-3H3,(H3,25,26,27,28)/t14-,22-/m0/s1. The lowest BCUT2D eigenvalue weighted by Gasteiger charge is -2.35. The number of nitrogens with zero attached hydrogens (tertiary/aromatic N) is 3. The number of aromatic hydroxyl groups is 1. The van der Waals surface area contributed by atoms with Gasteiger partial charge < -0.3 is 30.4 Å². The molecule has 0 unspecified atom stereocenters. The highest BCUT2D eigenvalue weighted by atomic mass is 16.5. The zero-order chi connectivity index (χ0) is 24.0. The van der Waals surface area contributed by atoms with Crippen LogP contribution in [-0.2, 0) is 4.79 Å². The summed E-state index contributed by atoms with van der Waals surface area (Å²) in [5.41, 5.74) is 8.98. The Bertz CT molecular complexity index is 1320. The van der Waals surface area contributed by atoms with E-state index in [1.807, 2.05) is 18.2 Å². The summed E-state index contributed by atoms with van der Waals surface area (Å²) in [5, 5.41) is 17.7. The maximum atomic E-state index is 13.6. The van der Waals surface area contributed by atoms with Crippen LogP contribution < -0.4 is 25.3 Å². The van der Waals surface area contributed by atoms with Gasteiger partial charge in [0.25, 0.3) is 0 Å². The lowest BCUT2D eigenvalue weighted by Crippen LogP contribution is -2.33. The number of fused-ring (bicyclic) bond motifs is 1. The van der Waals surface area contributed by atoms with Gasteiger partial charge in [0.05, 0.1) is 21.3 Å². The Labute approximate surface area is 196 Å². The van der Waals surface area contributed by atoms with Crippen LogP contribution in [0.15, 0.2) is 47.7 Å². The molecule has 0 radical (unpaired) electrons. The summed E-state index contributed by atoms with van der Waals surface area (Å²) >= 11 is 0. The number of benzene rings is 2. The first kappa shape index (κ1) is 21.6. The van der Waals surface area contributed by atoms with Crippen LogP contribution >= 0.6 is 0 Å². The molecule has 0 fully saturated rings. The number of methoxy groups -OCH3 is 3. The largest absolute Gasteiger partial charge is 0.504 e. The molecule has 2 aliphatic rings. The van der Waals surface area contributed by atoms with Crippen molar-refractivity contribution in [2.45, 2.75) is 24.8 Å². The summed E-state index contributed by atoms with van der Waals surface area (Å²) in [5.74, 6) is 2.05. The second kappa shape index (κ2) is 8.29. The van der Waals surface area contributed by atoms with Gasteiger partial charge in [0.15, 0.2) is 28.8 Å². The second-order valence-electron chi connectivity index (χ2n) is 8.23. The van der Waals surface area contributed by atoms with E-state index in [-0.39, 0.29) is 23.4 Å². The van der Waals surface area contributed by atoms with Crippen molar-refractivity contribution in [1.29, 1.82) is 0 Å². The molecular formula is C24H25N5O5. The Morgan fingerprint density at radius 2 is 1.71 bits per heavy atom. The van der Waals surface area contributed by atoms with Crippen LogP contribution in [0.3, 0.4) is 0 Å². The zero-order valence-electron chi connectivity index (χ0n) is 19.0. The lowest BCUT2D eigenvalue weighted by molar-refractivity contribution is -0.116. The third-order valence-electron chi connectivity index (χ3n) is 6.33. The summed E-state index contributed by atoms with van der Waals surface area (Å²) in [6.45, 7) is 0. The number of ether oxygens (including phenoxy) is 3. The molecule has 2 aromatic carbocycles. The molecule has 1 aliphatic carbocycles. The number of nitrogens with one attached hydrogen (secondary N) is 1. The number of carbonyl (C=O) groups is 1. The Morgan fingerprint density at radius 1 is 1.00 bits per heavy atom. The number of allylic oxidation sites excluding steroid dienone is 2. The summed E-state index contributed by atoms with van der Waals surface area (Å²) in [6.07, 6.45) is 0.913. The Kier molecular flexibility index (Phi) is 5.27. The molecule has 10 heteroatoms. The molecule has 3 aromatic rings. The molecule has 176 valence electrons.